The highest BCUT2D eigenvalue weighted by molar-refractivity contribution is 8.00. The monoisotopic (exact) mass is 368 g/mol. The van der Waals surface area contributed by atoms with Crippen LogP contribution in [0.2, 0.25) is 0 Å². The van der Waals surface area contributed by atoms with E-state index in [1.807, 2.05) is 42.2 Å². The molecule has 26 heavy (non-hydrogen) atoms. The fraction of sp³-hybridized carbons (Fsp3) is 0.333. The van der Waals surface area contributed by atoms with Gasteiger partial charge in [-0.3, -0.25) is 14.5 Å². The first kappa shape index (κ1) is 18.5. The second-order valence-corrected chi connectivity index (χ2v) is 7.69. The number of benzene rings is 2. The van der Waals surface area contributed by atoms with Crippen LogP contribution in [-0.4, -0.2) is 17.6 Å². The molecule has 0 unspecified atom stereocenters. The molecule has 5 heteroatoms. The van der Waals surface area contributed by atoms with Crippen molar-refractivity contribution in [1.82, 2.24) is 0 Å². The summed E-state index contributed by atoms with van der Waals surface area (Å²) >= 11 is 1.62. The zero-order chi connectivity index (χ0) is 18.7. The molecule has 2 amide bonds. The Bertz CT molecular complexity index is 835. The van der Waals surface area contributed by atoms with Gasteiger partial charge in [-0.05, 0) is 61.2 Å². The molecule has 2 aromatic carbocycles. The lowest BCUT2D eigenvalue weighted by Gasteiger charge is -2.25. The molecule has 1 aliphatic rings. The average Bonchev–Trinajstić information content (AvgIpc) is 2.99. The number of nitrogens with zero attached hydrogens (tertiary/aromatic N) is 1. The minimum absolute atomic E-state index is 0.0193. The maximum Gasteiger partial charge on any atom is 0.238 e. The lowest BCUT2D eigenvalue weighted by molar-refractivity contribution is -0.116. The minimum Gasteiger partial charge on any atom is -0.326 e. The van der Waals surface area contributed by atoms with E-state index in [1.165, 1.54) is 11.1 Å². The quantitative estimate of drug-likeness (QED) is 0.823. The SMILES string of the molecule is CCCC(=O)Nc1cccc([C@@H]2SCC(=O)N2c2ccc(C)c(C)c2)c1. The summed E-state index contributed by atoms with van der Waals surface area (Å²) in [6.07, 6.45) is 1.33. The van der Waals surface area contributed by atoms with E-state index in [2.05, 4.69) is 31.3 Å². The number of aryl methyl sites for hydroxylation is 2. The normalized spacial score (nSPS) is 16.8. The van der Waals surface area contributed by atoms with E-state index >= 15 is 0 Å². The highest BCUT2D eigenvalue weighted by atomic mass is 32.2. The van der Waals surface area contributed by atoms with Gasteiger partial charge in [0.25, 0.3) is 0 Å². The summed E-state index contributed by atoms with van der Waals surface area (Å²) < 4.78 is 0. The maximum atomic E-state index is 12.5. The van der Waals surface area contributed by atoms with Crippen molar-refractivity contribution in [2.24, 2.45) is 0 Å². The molecule has 4 nitrogen and oxygen atoms in total. The third-order valence-corrected chi connectivity index (χ3v) is 5.78. The number of rotatable bonds is 5. The molecule has 3 rings (SSSR count). The van der Waals surface area contributed by atoms with Gasteiger partial charge in [-0.25, -0.2) is 0 Å². The Balaban J connectivity index is 1.88. The largest absolute Gasteiger partial charge is 0.326 e. The van der Waals surface area contributed by atoms with Gasteiger partial charge in [0.15, 0.2) is 0 Å². The third-order valence-electron chi connectivity index (χ3n) is 4.57. The molecule has 1 saturated heterocycles. The molecule has 1 fully saturated rings. The van der Waals surface area contributed by atoms with Gasteiger partial charge in [0.1, 0.15) is 5.37 Å². The van der Waals surface area contributed by atoms with Gasteiger partial charge in [0.2, 0.25) is 11.8 Å². The van der Waals surface area contributed by atoms with E-state index in [0.29, 0.717) is 12.2 Å². The molecule has 1 N–H and O–H groups in total. The minimum atomic E-state index is -0.0763. The summed E-state index contributed by atoms with van der Waals surface area (Å²) in [6.45, 7) is 6.11. The molecular formula is C21H24N2O2S. The summed E-state index contributed by atoms with van der Waals surface area (Å²) in [5.41, 5.74) is 5.11. The van der Waals surface area contributed by atoms with Gasteiger partial charge in [0.05, 0.1) is 5.75 Å². The van der Waals surface area contributed by atoms with Gasteiger partial charge in [-0.15, -0.1) is 11.8 Å². The lowest BCUT2D eigenvalue weighted by Crippen LogP contribution is -2.28. The second kappa shape index (κ2) is 7.96. The molecule has 0 bridgehead atoms. The van der Waals surface area contributed by atoms with E-state index in [9.17, 15) is 9.59 Å². The molecule has 0 saturated carbocycles. The summed E-state index contributed by atoms with van der Waals surface area (Å²) in [5, 5.41) is 2.86. The standard InChI is InChI=1S/C21H24N2O2S/c1-4-6-19(24)22-17-8-5-7-16(12-17)21-23(20(25)13-26-21)18-10-9-14(2)15(3)11-18/h5,7-12,21H,4,6,13H2,1-3H3,(H,22,24)/t21-/m0/s1. The lowest BCUT2D eigenvalue weighted by atomic mass is 10.1. The Kier molecular flexibility index (Phi) is 5.67. The van der Waals surface area contributed by atoms with Crippen molar-refractivity contribution in [3.8, 4) is 0 Å². The van der Waals surface area contributed by atoms with Crippen LogP contribution in [0.25, 0.3) is 0 Å². The number of anilines is 2. The highest BCUT2D eigenvalue weighted by Crippen LogP contribution is 2.42. The Morgan fingerprint density at radius 2 is 2.00 bits per heavy atom. The summed E-state index contributed by atoms with van der Waals surface area (Å²) in [7, 11) is 0. The fourth-order valence-corrected chi connectivity index (χ4v) is 4.21. The Morgan fingerprint density at radius 1 is 1.19 bits per heavy atom. The van der Waals surface area contributed by atoms with E-state index < -0.39 is 0 Å². The third kappa shape index (κ3) is 3.93. The molecular weight excluding hydrogens is 344 g/mol. The van der Waals surface area contributed by atoms with Crippen LogP contribution in [0.1, 0.15) is 41.8 Å². The van der Waals surface area contributed by atoms with Crippen LogP contribution in [0, 0.1) is 13.8 Å². The maximum absolute atomic E-state index is 12.5. The molecule has 1 aliphatic heterocycles. The van der Waals surface area contributed by atoms with Crippen molar-refractivity contribution in [3.63, 3.8) is 0 Å². The number of hydrogen-bond acceptors (Lipinski definition) is 3. The molecule has 136 valence electrons. The molecule has 1 heterocycles. The number of hydrogen-bond donors (Lipinski definition) is 1. The number of carbonyl (C=O) groups is 2. The van der Waals surface area contributed by atoms with Crippen LogP contribution in [-0.2, 0) is 9.59 Å². The first-order valence-corrected chi connectivity index (χ1v) is 9.95. The predicted molar refractivity (Wildman–Crippen MR) is 109 cm³/mol. The molecule has 0 spiro atoms. The van der Waals surface area contributed by atoms with Crippen LogP contribution >= 0.6 is 11.8 Å². The highest BCUT2D eigenvalue weighted by Gasteiger charge is 2.34. The van der Waals surface area contributed by atoms with Crippen LogP contribution in [0.3, 0.4) is 0 Å². The van der Waals surface area contributed by atoms with Crippen LogP contribution in [0.15, 0.2) is 42.5 Å². The first-order valence-electron chi connectivity index (χ1n) is 8.90. The first-order chi connectivity index (χ1) is 12.5. The van der Waals surface area contributed by atoms with Crippen molar-refractivity contribution >= 4 is 35.0 Å². The molecule has 0 aliphatic carbocycles. The Labute approximate surface area is 159 Å². The average molecular weight is 369 g/mol. The molecule has 2 aromatic rings. The molecule has 0 radical (unpaired) electrons. The van der Waals surface area contributed by atoms with E-state index in [0.717, 1.165) is 23.4 Å². The second-order valence-electron chi connectivity index (χ2n) is 6.62. The number of thioether (sulfide) groups is 1. The van der Waals surface area contributed by atoms with E-state index in [4.69, 9.17) is 0 Å². The fourth-order valence-electron chi connectivity index (χ4n) is 3.05. The van der Waals surface area contributed by atoms with E-state index in [-0.39, 0.29) is 17.2 Å². The molecule has 1 atom stereocenters. The zero-order valence-corrected chi connectivity index (χ0v) is 16.2. The van der Waals surface area contributed by atoms with Crippen molar-refractivity contribution in [3.05, 3.63) is 59.2 Å². The van der Waals surface area contributed by atoms with Gasteiger partial charge in [-0.2, -0.15) is 0 Å². The van der Waals surface area contributed by atoms with Gasteiger partial charge < -0.3 is 5.32 Å². The van der Waals surface area contributed by atoms with Crippen LogP contribution in [0.5, 0.6) is 0 Å². The number of carbonyl (C=O) groups excluding carboxylic acids is 2. The van der Waals surface area contributed by atoms with Crippen LogP contribution < -0.4 is 10.2 Å². The van der Waals surface area contributed by atoms with Crippen molar-refractivity contribution in [2.75, 3.05) is 16.0 Å². The van der Waals surface area contributed by atoms with Gasteiger partial charge in [-0.1, -0.05) is 25.1 Å². The number of nitrogens with one attached hydrogen (secondary N) is 1. The summed E-state index contributed by atoms with van der Waals surface area (Å²) in [4.78, 5) is 26.3. The van der Waals surface area contributed by atoms with Crippen molar-refractivity contribution in [1.29, 1.82) is 0 Å². The molecule has 0 aromatic heterocycles. The van der Waals surface area contributed by atoms with Crippen molar-refractivity contribution in [2.45, 2.75) is 39.0 Å². The van der Waals surface area contributed by atoms with Gasteiger partial charge in [0, 0.05) is 17.8 Å². The topological polar surface area (TPSA) is 49.4 Å². The van der Waals surface area contributed by atoms with Gasteiger partial charge >= 0.3 is 0 Å². The summed E-state index contributed by atoms with van der Waals surface area (Å²) in [5.74, 6) is 0.596. The van der Waals surface area contributed by atoms with E-state index in [1.54, 1.807) is 11.8 Å². The summed E-state index contributed by atoms with van der Waals surface area (Å²) in [6, 6.07) is 13.9. The van der Waals surface area contributed by atoms with Crippen molar-refractivity contribution < 1.29 is 9.59 Å². The Hall–Kier alpha value is -2.27. The van der Waals surface area contributed by atoms with Crippen LogP contribution in [0.4, 0.5) is 11.4 Å². The predicted octanol–water partition coefficient (Wildman–Crippen LogP) is 4.82. The number of amides is 2. The smallest absolute Gasteiger partial charge is 0.238 e. The zero-order valence-electron chi connectivity index (χ0n) is 15.4. The Morgan fingerprint density at radius 3 is 2.73 bits per heavy atom.